The van der Waals surface area contributed by atoms with E-state index >= 15 is 0 Å². The first-order chi connectivity index (χ1) is 14.9. The van der Waals surface area contributed by atoms with E-state index in [0.29, 0.717) is 5.06 Å². The first-order valence-corrected chi connectivity index (χ1v) is 9.91. The van der Waals surface area contributed by atoms with E-state index < -0.39 is 23.8 Å². The van der Waals surface area contributed by atoms with Crippen LogP contribution in [0.5, 0.6) is 0 Å². The van der Waals surface area contributed by atoms with Gasteiger partial charge in [-0.2, -0.15) is 0 Å². The van der Waals surface area contributed by atoms with Crippen LogP contribution in [0.4, 0.5) is 0 Å². The number of para-hydroxylation sites is 1. The number of aromatic nitrogens is 1. The summed E-state index contributed by atoms with van der Waals surface area (Å²) in [6.45, 7) is 3.40. The van der Waals surface area contributed by atoms with Crippen molar-refractivity contribution in [2.24, 2.45) is 5.92 Å². The van der Waals surface area contributed by atoms with Gasteiger partial charge in [0.15, 0.2) is 0 Å². The number of hydrogen-bond acceptors (Lipinski definition) is 5. The van der Waals surface area contributed by atoms with Gasteiger partial charge in [0.2, 0.25) is 5.91 Å². The molecule has 4 rings (SSSR count). The smallest absolute Gasteiger partial charge is 0.355 e. The second kappa shape index (κ2) is 8.06. The highest BCUT2D eigenvalue weighted by molar-refractivity contribution is 6.21. The standard InChI is InChI=1S/C23H21N3O5/c1-13(2)20(27)25-19(11-14-12-24-18-10-6-5-7-15(14)18)23(30)31-26-21(28)16-8-3-4-9-17(16)22(26)29/h3-10,12-13,19,24H,11H2,1-2H3,(H,25,27). The summed E-state index contributed by atoms with van der Waals surface area (Å²) in [4.78, 5) is 58.7. The summed E-state index contributed by atoms with van der Waals surface area (Å²) in [6.07, 6.45) is 1.89. The highest BCUT2D eigenvalue weighted by Gasteiger charge is 2.40. The Bertz CT molecular complexity index is 1160. The maximum atomic E-state index is 13.0. The summed E-state index contributed by atoms with van der Waals surface area (Å²) in [5.74, 6) is -3.03. The van der Waals surface area contributed by atoms with Crippen molar-refractivity contribution in [2.45, 2.75) is 26.3 Å². The predicted octanol–water partition coefficient (Wildman–Crippen LogP) is 2.61. The van der Waals surface area contributed by atoms with Gasteiger partial charge in [-0.25, -0.2) is 4.79 Å². The number of hydrogen-bond donors (Lipinski definition) is 2. The number of nitrogens with one attached hydrogen (secondary N) is 2. The average Bonchev–Trinajstić information content (AvgIpc) is 3.28. The minimum absolute atomic E-state index is 0.129. The van der Waals surface area contributed by atoms with Crippen LogP contribution in [0.2, 0.25) is 0 Å². The third-order valence-electron chi connectivity index (χ3n) is 5.16. The number of H-pyrrole nitrogens is 1. The molecule has 0 aliphatic carbocycles. The number of carbonyl (C=O) groups is 4. The Morgan fingerprint density at radius 3 is 2.26 bits per heavy atom. The minimum Gasteiger partial charge on any atom is -0.361 e. The zero-order valence-corrected chi connectivity index (χ0v) is 17.0. The van der Waals surface area contributed by atoms with Crippen LogP contribution in [0.15, 0.2) is 54.7 Å². The molecule has 2 aromatic carbocycles. The van der Waals surface area contributed by atoms with Crippen molar-refractivity contribution in [3.8, 4) is 0 Å². The van der Waals surface area contributed by atoms with E-state index in [0.717, 1.165) is 16.5 Å². The molecule has 2 heterocycles. The number of nitrogens with zero attached hydrogens (tertiary/aromatic N) is 1. The number of benzene rings is 2. The third kappa shape index (κ3) is 3.79. The van der Waals surface area contributed by atoms with Crippen molar-refractivity contribution in [3.05, 3.63) is 71.4 Å². The third-order valence-corrected chi connectivity index (χ3v) is 5.16. The number of aromatic amines is 1. The van der Waals surface area contributed by atoms with Crippen molar-refractivity contribution >= 4 is 34.6 Å². The maximum absolute atomic E-state index is 13.0. The van der Waals surface area contributed by atoms with E-state index in [-0.39, 0.29) is 29.4 Å². The van der Waals surface area contributed by atoms with Crippen LogP contribution in [0, 0.1) is 5.92 Å². The van der Waals surface area contributed by atoms with Crippen LogP contribution in [0.25, 0.3) is 10.9 Å². The SMILES string of the molecule is CC(C)C(=O)NC(Cc1c[nH]c2ccccc12)C(=O)ON1C(=O)c2ccccc2C1=O. The van der Waals surface area contributed by atoms with Gasteiger partial charge in [0, 0.05) is 29.4 Å². The van der Waals surface area contributed by atoms with Crippen LogP contribution in [0.1, 0.15) is 40.1 Å². The second-order valence-electron chi connectivity index (χ2n) is 7.64. The zero-order valence-electron chi connectivity index (χ0n) is 17.0. The lowest BCUT2D eigenvalue weighted by Gasteiger charge is -2.21. The molecule has 1 aliphatic rings. The molecule has 0 bridgehead atoms. The van der Waals surface area contributed by atoms with Gasteiger partial charge in [0.1, 0.15) is 6.04 Å². The highest BCUT2D eigenvalue weighted by Crippen LogP contribution is 2.24. The molecular formula is C23H21N3O5. The van der Waals surface area contributed by atoms with Gasteiger partial charge in [0.25, 0.3) is 11.8 Å². The Hall–Kier alpha value is -3.94. The van der Waals surface area contributed by atoms with Crippen LogP contribution in [0.3, 0.4) is 0 Å². The molecule has 0 saturated heterocycles. The summed E-state index contributed by atoms with van der Waals surface area (Å²) < 4.78 is 0. The Morgan fingerprint density at radius 1 is 1.00 bits per heavy atom. The van der Waals surface area contributed by atoms with Crippen LogP contribution >= 0.6 is 0 Å². The molecule has 0 saturated carbocycles. The van der Waals surface area contributed by atoms with Crippen LogP contribution < -0.4 is 5.32 Å². The average molecular weight is 419 g/mol. The van der Waals surface area contributed by atoms with Gasteiger partial charge in [-0.3, -0.25) is 14.4 Å². The maximum Gasteiger partial charge on any atom is 0.355 e. The summed E-state index contributed by atoms with van der Waals surface area (Å²) in [7, 11) is 0. The molecule has 3 aromatic rings. The van der Waals surface area contributed by atoms with Crippen molar-refractivity contribution < 1.29 is 24.0 Å². The normalized spacial score (nSPS) is 14.1. The molecule has 8 nitrogen and oxygen atoms in total. The van der Waals surface area contributed by atoms with Gasteiger partial charge >= 0.3 is 5.97 Å². The summed E-state index contributed by atoms with van der Waals surface area (Å²) >= 11 is 0. The monoisotopic (exact) mass is 419 g/mol. The summed E-state index contributed by atoms with van der Waals surface area (Å²) in [5, 5.41) is 4.03. The van der Waals surface area contributed by atoms with E-state index in [4.69, 9.17) is 4.84 Å². The van der Waals surface area contributed by atoms with Gasteiger partial charge in [-0.1, -0.05) is 49.2 Å². The molecule has 31 heavy (non-hydrogen) atoms. The molecule has 1 atom stereocenters. The molecule has 1 aromatic heterocycles. The number of imide groups is 1. The number of hydroxylamine groups is 2. The molecule has 1 aliphatic heterocycles. The van der Waals surface area contributed by atoms with E-state index in [1.54, 1.807) is 32.2 Å². The molecule has 8 heteroatoms. The molecule has 0 spiro atoms. The second-order valence-corrected chi connectivity index (χ2v) is 7.64. The van der Waals surface area contributed by atoms with Gasteiger partial charge in [0.05, 0.1) is 11.1 Å². The highest BCUT2D eigenvalue weighted by atomic mass is 16.7. The van der Waals surface area contributed by atoms with Crippen molar-refractivity contribution in [1.82, 2.24) is 15.4 Å². The quantitative estimate of drug-likeness (QED) is 0.597. The predicted molar refractivity (Wildman–Crippen MR) is 112 cm³/mol. The Balaban J connectivity index is 1.58. The lowest BCUT2D eigenvalue weighted by Crippen LogP contribution is -2.47. The lowest BCUT2D eigenvalue weighted by molar-refractivity contribution is -0.171. The van der Waals surface area contributed by atoms with Gasteiger partial charge in [-0.05, 0) is 23.8 Å². The number of carbonyl (C=O) groups excluding carboxylic acids is 4. The minimum atomic E-state index is -1.08. The molecule has 2 N–H and O–H groups in total. The topological polar surface area (TPSA) is 109 Å². The van der Waals surface area contributed by atoms with Crippen LogP contribution in [-0.2, 0) is 20.8 Å². The van der Waals surface area contributed by atoms with E-state index in [1.807, 2.05) is 24.3 Å². The fourth-order valence-electron chi connectivity index (χ4n) is 3.46. The Morgan fingerprint density at radius 2 is 1.61 bits per heavy atom. The molecule has 3 amide bonds. The molecule has 158 valence electrons. The van der Waals surface area contributed by atoms with Crippen molar-refractivity contribution in [2.75, 3.05) is 0 Å². The van der Waals surface area contributed by atoms with E-state index in [1.165, 1.54) is 12.1 Å². The zero-order chi connectivity index (χ0) is 22.1. The van der Waals surface area contributed by atoms with Crippen LogP contribution in [-0.4, -0.2) is 39.8 Å². The van der Waals surface area contributed by atoms with E-state index in [9.17, 15) is 19.2 Å². The summed E-state index contributed by atoms with van der Waals surface area (Å²) in [5.41, 5.74) is 2.02. The van der Waals surface area contributed by atoms with Crippen molar-refractivity contribution in [3.63, 3.8) is 0 Å². The Labute approximate surface area is 178 Å². The van der Waals surface area contributed by atoms with Gasteiger partial charge < -0.3 is 15.1 Å². The molecule has 1 unspecified atom stereocenters. The Kier molecular flexibility index (Phi) is 5.29. The fourth-order valence-corrected chi connectivity index (χ4v) is 3.46. The lowest BCUT2D eigenvalue weighted by atomic mass is 10.0. The largest absolute Gasteiger partial charge is 0.361 e. The van der Waals surface area contributed by atoms with Gasteiger partial charge in [-0.15, -0.1) is 0 Å². The first kappa shape index (κ1) is 20.3. The fraction of sp³-hybridized carbons (Fsp3) is 0.217. The molecule has 0 fully saturated rings. The number of fused-ring (bicyclic) bond motifs is 2. The molecule has 0 radical (unpaired) electrons. The summed E-state index contributed by atoms with van der Waals surface area (Å²) in [6, 6.07) is 12.7. The molecular weight excluding hydrogens is 398 g/mol. The first-order valence-electron chi connectivity index (χ1n) is 9.91. The number of rotatable bonds is 6. The van der Waals surface area contributed by atoms with E-state index in [2.05, 4.69) is 10.3 Å². The number of amides is 3. The van der Waals surface area contributed by atoms with Crippen molar-refractivity contribution in [1.29, 1.82) is 0 Å².